The van der Waals surface area contributed by atoms with E-state index in [-0.39, 0.29) is 0 Å². The largest absolute Gasteiger partial charge is 0.298 e. The van der Waals surface area contributed by atoms with Gasteiger partial charge in [0.05, 0.1) is 0 Å². The van der Waals surface area contributed by atoms with Gasteiger partial charge >= 0.3 is 0 Å². The van der Waals surface area contributed by atoms with Crippen LogP contribution < -0.4 is 0 Å². The number of benzene rings is 2. The lowest BCUT2D eigenvalue weighted by atomic mass is 10.0. The van der Waals surface area contributed by atoms with Gasteiger partial charge in [-0.15, -0.1) is 0 Å². The first-order chi connectivity index (χ1) is 12.3. The second-order valence-electron chi connectivity index (χ2n) is 5.10. The molecular weight excluding hydrogens is 302 g/mol. The predicted molar refractivity (Wildman–Crippen MR) is 118 cm³/mol. The van der Waals surface area contributed by atoms with Gasteiger partial charge in [-0.2, -0.15) is 0 Å². The number of nitrogens with zero attached hydrogens (tertiary/aromatic N) is 1. The molecule has 1 nitrogen and oxygen atoms in total. The molecular formula is C24H41N. The fraction of sp³-hybridized carbons (Fsp3) is 0.500. The Bertz CT molecular complexity index is 537. The molecule has 0 N–H and O–H groups in total. The van der Waals surface area contributed by atoms with E-state index in [4.69, 9.17) is 0 Å². The van der Waals surface area contributed by atoms with Crippen molar-refractivity contribution >= 4 is 10.8 Å². The lowest BCUT2D eigenvalue weighted by Crippen LogP contribution is -2.17. The van der Waals surface area contributed by atoms with E-state index in [1.807, 2.05) is 41.5 Å². The highest BCUT2D eigenvalue weighted by molar-refractivity contribution is 5.85. The van der Waals surface area contributed by atoms with Crippen molar-refractivity contribution in [3.8, 4) is 0 Å². The van der Waals surface area contributed by atoms with Crippen LogP contribution in [0.1, 0.15) is 66.9 Å². The van der Waals surface area contributed by atoms with Gasteiger partial charge in [0.15, 0.2) is 0 Å². The SMILES string of the molecule is CC.CC.CC.CCC/C=C/CN(C)Cc1cccc2ccccc12. The first-order valence-electron chi connectivity index (χ1n) is 10.1. The molecule has 2 rings (SSSR count). The molecule has 2 aromatic carbocycles. The molecule has 0 saturated heterocycles. The third kappa shape index (κ3) is 10.8. The fourth-order valence-corrected chi connectivity index (χ4v) is 2.32. The van der Waals surface area contributed by atoms with Crippen molar-refractivity contribution in [2.75, 3.05) is 13.6 Å². The Morgan fingerprint density at radius 3 is 2.04 bits per heavy atom. The summed E-state index contributed by atoms with van der Waals surface area (Å²) < 4.78 is 0. The maximum absolute atomic E-state index is 2.36. The minimum Gasteiger partial charge on any atom is -0.298 e. The van der Waals surface area contributed by atoms with E-state index >= 15 is 0 Å². The molecule has 0 aromatic heterocycles. The third-order valence-corrected chi connectivity index (χ3v) is 3.36. The van der Waals surface area contributed by atoms with E-state index < -0.39 is 0 Å². The third-order valence-electron chi connectivity index (χ3n) is 3.36. The van der Waals surface area contributed by atoms with E-state index in [1.54, 1.807) is 0 Å². The maximum Gasteiger partial charge on any atom is 0.0240 e. The molecule has 0 aliphatic rings. The average Bonchev–Trinajstić information content (AvgIpc) is 2.70. The molecule has 0 aliphatic heterocycles. The molecule has 2 aromatic rings. The van der Waals surface area contributed by atoms with Crippen molar-refractivity contribution in [1.29, 1.82) is 0 Å². The molecule has 0 fully saturated rings. The monoisotopic (exact) mass is 343 g/mol. The molecule has 0 aliphatic carbocycles. The molecule has 25 heavy (non-hydrogen) atoms. The summed E-state index contributed by atoms with van der Waals surface area (Å²) in [5.74, 6) is 0. The summed E-state index contributed by atoms with van der Waals surface area (Å²) in [6.07, 6.45) is 6.96. The van der Waals surface area contributed by atoms with Gasteiger partial charge < -0.3 is 0 Å². The molecule has 0 heterocycles. The number of likely N-dealkylation sites (N-methyl/N-ethyl adjacent to an activating group) is 1. The van der Waals surface area contributed by atoms with Crippen molar-refractivity contribution in [2.45, 2.75) is 67.9 Å². The highest BCUT2D eigenvalue weighted by Crippen LogP contribution is 2.19. The molecule has 0 saturated carbocycles. The molecule has 0 unspecified atom stereocenters. The molecule has 0 bridgehead atoms. The van der Waals surface area contributed by atoms with Gasteiger partial charge in [-0.05, 0) is 29.8 Å². The van der Waals surface area contributed by atoms with Crippen LogP contribution in [0.5, 0.6) is 0 Å². The van der Waals surface area contributed by atoms with Crippen LogP contribution in [0.15, 0.2) is 54.6 Å². The van der Waals surface area contributed by atoms with Gasteiger partial charge in [0, 0.05) is 13.1 Å². The van der Waals surface area contributed by atoms with Crippen LogP contribution in [0.3, 0.4) is 0 Å². The van der Waals surface area contributed by atoms with Crippen LogP contribution in [0.4, 0.5) is 0 Å². The Labute approximate surface area is 157 Å². The number of fused-ring (bicyclic) bond motifs is 1. The van der Waals surface area contributed by atoms with Crippen LogP contribution >= 0.6 is 0 Å². The minimum atomic E-state index is 0.998. The van der Waals surface area contributed by atoms with Crippen LogP contribution in [0, 0.1) is 0 Å². The zero-order valence-corrected chi connectivity index (χ0v) is 18.0. The Kier molecular flexibility index (Phi) is 19.2. The number of rotatable bonds is 6. The quantitative estimate of drug-likeness (QED) is 0.485. The van der Waals surface area contributed by atoms with Crippen molar-refractivity contribution < 1.29 is 0 Å². The smallest absolute Gasteiger partial charge is 0.0240 e. The van der Waals surface area contributed by atoms with E-state index in [9.17, 15) is 0 Å². The van der Waals surface area contributed by atoms with Crippen LogP contribution in [-0.2, 0) is 6.54 Å². The van der Waals surface area contributed by atoms with E-state index in [1.165, 1.54) is 29.2 Å². The van der Waals surface area contributed by atoms with Gasteiger partial charge in [0.25, 0.3) is 0 Å². The molecule has 0 radical (unpaired) electrons. The Morgan fingerprint density at radius 1 is 0.800 bits per heavy atom. The zero-order valence-electron chi connectivity index (χ0n) is 18.0. The fourth-order valence-electron chi connectivity index (χ4n) is 2.32. The first-order valence-corrected chi connectivity index (χ1v) is 10.1. The van der Waals surface area contributed by atoms with Crippen molar-refractivity contribution in [3.05, 3.63) is 60.2 Å². The molecule has 142 valence electrons. The summed E-state index contributed by atoms with van der Waals surface area (Å²) in [7, 11) is 2.18. The van der Waals surface area contributed by atoms with Crippen LogP contribution in [-0.4, -0.2) is 18.5 Å². The molecule has 0 spiro atoms. The van der Waals surface area contributed by atoms with Gasteiger partial charge in [-0.1, -0.05) is 110 Å². The Morgan fingerprint density at radius 2 is 1.40 bits per heavy atom. The standard InChI is InChI=1S/C18H23N.3C2H6/c1-3-4-5-8-14-19(2)15-17-12-9-11-16-10-6-7-13-18(16)17;3*1-2/h5-13H,3-4,14-15H2,1-2H3;3*1-2H3/b8-5+;;;. The lowest BCUT2D eigenvalue weighted by Gasteiger charge is -2.16. The summed E-state index contributed by atoms with van der Waals surface area (Å²) in [4.78, 5) is 2.36. The predicted octanol–water partition coefficient (Wildman–Crippen LogP) is 7.71. The number of unbranched alkanes of at least 4 members (excludes halogenated alkanes) is 1. The van der Waals surface area contributed by atoms with Crippen LogP contribution in [0.2, 0.25) is 0 Å². The van der Waals surface area contributed by atoms with Gasteiger partial charge in [-0.25, -0.2) is 0 Å². The van der Waals surface area contributed by atoms with Crippen molar-refractivity contribution in [2.24, 2.45) is 0 Å². The molecule has 0 atom stereocenters. The first kappa shape index (κ1) is 25.6. The second kappa shape index (κ2) is 18.7. The normalized spacial score (nSPS) is 9.64. The summed E-state index contributed by atoms with van der Waals surface area (Å²) >= 11 is 0. The highest BCUT2D eigenvalue weighted by Gasteiger charge is 2.02. The highest BCUT2D eigenvalue weighted by atomic mass is 15.1. The lowest BCUT2D eigenvalue weighted by molar-refractivity contribution is 0.364. The molecule has 1 heteroatoms. The van der Waals surface area contributed by atoms with E-state index in [0.29, 0.717) is 0 Å². The summed E-state index contributed by atoms with van der Waals surface area (Å²) in [5.41, 5.74) is 1.41. The second-order valence-corrected chi connectivity index (χ2v) is 5.10. The Hall–Kier alpha value is -1.60. The van der Waals surface area contributed by atoms with Crippen LogP contribution in [0.25, 0.3) is 10.8 Å². The number of hydrogen-bond donors (Lipinski definition) is 0. The van der Waals surface area contributed by atoms with E-state index in [2.05, 4.69) is 73.5 Å². The topological polar surface area (TPSA) is 3.24 Å². The molecule has 0 amide bonds. The van der Waals surface area contributed by atoms with Gasteiger partial charge in [0.2, 0.25) is 0 Å². The summed E-state index contributed by atoms with van der Waals surface area (Å²) in [6, 6.07) is 15.2. The zero-order chi connectivity index (χ0) is 19.5. The Balaban J connectivity index is 0. The number of allylic oxidation sites excluding steroid dienone is 1. The minimum absolute atomic E-state index is 0.998. The van der Waals surface area contributed by atoms with Crippen molar-refractivity contribution in [3.63, 3.8) is 0 Å². The average molecular weight is 344 g/mol. The maximum atomic E-state index is 2.36. The summed E-state index contributed by atoms with van der Waals surface area (Å²) in [6.45, 7) is 16.2. The van der Waals surface area contributed by atoms with E-state index in [0.717, 1.165) is 13.1 Å². The number of hydrogen-bond acceptors (Lipinski definition) is 1. The van der Waals surface area contributed by atoms with Gasteiger partial charge in [0.1, 0.15) is 0 Å². The summed E-state index contributed by atoms with van der Waals surface area (Å²) in [5, 5.41) is 2.70. The van der Waals surface area contributed by atoms with Gasteiger partial charge in [-0.3, -0.25) is 4.90 Å². The van der Waals surface area contributed by atoms with Crippen molar-refractivity contribution in [1.82, 2.24) is 4.90 Å².